The van der Waals surface area contributed by atoms with E-state index in [9.17, 15) is 18.0 Å². The van der Waals surface area contributed by atoms with Gasteiger partial charge in [-0.2, -0.15) is 4.79 Å². The highest BCUT2D eigenvalue weighted by molar-refractivity contribution is 8.13. The molecule has 0 aliphatic heterocycles. The standard InChI is InChI=1S/C10H5ClN2O4S/c11-18(16,17)8-3-1-2-5-9(8)7(14)4-6(13-12)10(5)15/h1-3H,4H2. The Bertz CT molecular complexity index is 732. The molecule has 0 spiro atoms. The summed E-state index contributed by atoms with van der Waals surface area (Å²) in [5, 5.41) is 0. The number of hydrogen-bond acceptors (Lipinski definition) is 4. The van der Waals surface area contributed by atoms with E-state index >= 15 is 0 Å². The molecule has 0 bridgehead atoms. The van der Waals surface area contributed by atoms with Gasteiger partial charge in [0, 0.05) is 21.8 Å². The second-order valence-electron chi connectivity index (χ2n) is 3.59. The van der Waals surface area contributed by atoms with Gasteiger partial charge in [0.15, 0.2) is 5.78 Å². The number of benzene rings is 1. The maximum absolute atomic E-state index is 11.8. The number of hydrogen-bond donors (Lipinski definition) is 0. The Hall–Kier alpha value is -1.82. The van der Waals surface area contributed by atoms with Crippen LogP contribution in [-0.2, 0) is 9.05 Å². The SMILES string of the molecule is [N-]=[N+]=C1CC(=O)c2c(cccc2S(=O)(=O)Cl)C1=O. The zero-order valence-electron chi connectivity index (χ0n) is 8.75. The van der Waals surface area contributed by atoms with Crippen LogP contribution in [0.15, 0.2) is 23.1 Å². The lowest BCUT2D eigenvalue weighted by Gasteiger charge is -2.13. The van der Waals surface area contributed by atoms with Crippen molar-refractivity contribution < 1.29 is 22.8 Å². The topological polar surface area (TPSA) is 105 Å². The van der Waals surface area contributed by atoms with E-state index in [0.29, 0.717) is 0 Å². The molecule has 0 saturated heterocycles. The van der Waals surface area contributed by atoms with Gasteiger partial charge in [-0.15, -0.1) is 0 Å². The highest BCUT2D eigenvalue weighted by Crippen LogP contribution is 2.28. The third kappa shape index (κ3) is 1.88. The smallest absolute Gasteiger partial charge is 0.347 e. The van der Waals surface area contributed by atoms with Crippen LogP contribution in [0.5, 0.6) is 0 Å². The van der Waals surface area contributed by atoms with Crippen LogP contribution in [0.2, 0.25) is 0 Å². The summed E-state index contributed by atoms with van der Waals surface area (Å²) in [6.07, 6.45) is -0.453. The molecule has 0 aromatic heterocycles. The van der Waals surface area contributed by atoms with Gasteiger partial charge in [0.05, 0.1) is 4.90 Å². The number of ketones is 2. The van der Waals surface area contributed by atoms with Crippen LogP contribution in [0, 0.1) is 0 Å². The Morgan fingerprint density at radius 3 is 2.50 bits per heavy atom. The zero-order chi connectivity index (χ0) is 13.5. The molecular weight excluding hydrogens is 280 g/mol. The second-order valence-corrected chi connectivity index (χ2v) is 6.13. The summed E-state index contributed by atoms with van der Waals surface area (Å²) in [6.45, 7) is 0. The Morgan fingerprint density at radius 1 is 1.28 bits per heavy atom. The zero-order valence-corrected chi connectivity index (χ0v) is 10.3. The summed E-state index contributed by atoms with van der Waals surface area (Å²) >= 11 is 0. The van der Waals surface area contributed by atoms with Gasteiger partial charge < -0.3 is 5.53 Å². The average Bonchev–Trinajstić information content (AvgIpc) is 2.31. The van der Waals surface area contributed by atoms with Gasteiger partial charge in [0.1, 0.15) is 6.42 Å². The molecule has 92 valence electrons. The summed E-state index contributed by atoms with van der Waals surface area (Å²) in [4.78, 5) is 25.9. The number of carbonyl (C=O) groups is 2. The van der Waals surface area contributed by atoms with Gasteiger partial charge >= 0.3 is 5.71 Å². The molecule has 2 rings (SSSR count). The molecule has 0 N–H and O–H groups in total. The van der Waals surface area contributed by atoms with Gasteiger partial charge in [-0.25, -0.2) is 8.42 Å². The van der Waals surface area contributed by atoms with Crippen LogP contribution in [0.25, 0.3) is 5.53 Å². The molecule has 1 aromatic carbocycles. The van der Waals surface area contributed by atoms with E-state index in [4.69, 9.17) is 16.2 Å². The molecule has 0 fully saturated rings. The number of halogens is 1. The van der Waals surface area contributed by atoms with E-state index in [1.54, 1.807) is 0 Å². The van der Waals surface area contributed by atoms with Crippen LogP contribution in [0.1, 0.15) is 27.1 Å². The summed E-state index contributed by atoms with van der Waals surface area (Å²) in [5.41, 5.74) is 7.91. The van der Waals surface area contributed by atoms with Crippen LogP contribution >= 0.6 is 10.7 Å². The quantitative estimate of drug-likeness (QED) is 0.436. The fraction of sp³-hybridized carbons (Fsp3) is 0.100. The summed E-state index contributed by atoms with van der Waals surface area (Å²) < 4.78 is 22.7. The largest absolute Gasteiger partial charge is 0.361 e. The van der Waals surface area contributed by atoms with E-state index in [2.05, 4.69) is 4.79 Å². The average molecular weight is 285 g/mol. The first-order chi connectivity index (χ1) is 8.36. The normalized spacial score (nSPS) is 15.3. The molecule has 1 aliphatic rings. The minimum absolute atomic E-state index is 0.124. The highest BCUT2D eigenvalue weighted by atomic mass is 35.7. The lowest BCUT2D eigenvalue weighted by molar-refractivity contribution is -0.00892. The van der Waals surface area contributed by atoms with E-state index in [0.717, 1.165) is 6.07 Å². The third-order valence-corrected chi connectivity index (χ3v) is 3.89. The Labute approximate surface area is 106 Å². The first-order valence-corrected chi connectivity index (χ1v) is 7.03. The fourth-order valence-corrected chi connectivity index (χ4v) is 2.86. The second kappa shape index (κ2) is 4.13. The first-order valence-electron chi connectivity index (χ1n) is 4.72. The molecule has 8 heteroatoms. The number of carbonyl (C=O) groups excluding carboxylic acids is 2. The number of nitrogens with zero attached hydrogens (tertiary/aromatic N) is 2. The van der Waals surface area contributed by atoms with Crippen LogP contribution in [-0.4, -0.2) is 30.5 Å². The lowest BCUT2D eigenvalue weighted by Crippen LogP contribution is -2.29. The number of Topliss-reactive ketones (excluding diaryl/α,β-unsaturated/α-hetero) is 2. The Balaban J connectivity index is 2.84. The van der Waals surface area contributed by atoms with Crippen molar-refractivity contribution in [1.29, 1.82) is 0 Å². The van der Waals surface area contributed by atoms with E-state index in [-0.39, 0.29) is 16.8 Å². The summed E-state index contributed by atoms with van der Waals surface area (Å²) in [6, 6.07) is 3.72. The van der Waals surface area contributed by atoms with Crippen molar-refractivity contribution in [2.45, 2.75) is 11.3 Å². The van der Waals surface area contributed by atoms with Gasteiger partial charge in [-0.05, 0) is 12.1 Å². The fourth-order valence-electron chi connectivity index (χ4n) is 1.77. The number of fused-ring (bicyclic) bond motifs is 1. The third-order valence-electron chi connectivity index (χ3n) is 2.52. The summed E-state index contributed by atoms with van der Waals surface area (Å²) in [7, 11) is 1.08. The molecule has 0 heterocycles. The van der Waals surface area contributed by atoms with Crippen molar-refractivity contribution in [3.63, 3.8) is 0 Å². The monoisotopic (exact) mass is 284 g/mol. The van der Waals surface area contributed by atoms with Gasteiger partial charge in [-0.1, -0.05) is 6.07 Å². The van der Waals surface area contributed by atoms with Crippen molar-refractivity contribution in [3.05, 3.63) is 34.9 Å². The Morgan fingerprint density at radius 2 is 1.94 bits per heavy atom. The van der Waals surface area contributed by atoms with Crippen LogP contribution in [0.4, 0.5) is 0 Å². The van der Waals surface area contributed by atoms with Crippen LogP contribution < -0.4 is 0 Å². The molecule has 1 aliphatic carbocycles. The van der Waals surface area contributed by atoms with Gasteiger partial charge in [0.25, 0.3) is 14.8 Å². The first kappa shape index (κ1) is 12.6. The lowest BCUT2D eigenvalue weighted by atomic mass is 9.88. The minimum atomic E-state index is -4.13. The van der Waals surface area contributed by atoms with Crippen molar-refractivity contribution in [3.8, 4) is 0 Å². The molecule has 0 amide bonds. The van der Waals surface area contributed by atoms with E-state index in [1.165, 1.54) is 12.1 Å². The minimum Gasteiger partial charge on any atom is -0.361 e. The predicted octanol–water partition coefficient (Wildman–Crippen LogP) is 1.05. The molecule has 18 heavy (non-hydrogen) atoms. The van der Waals surface area contributed by atoms with E-state index < -0.39 is 31.9 Å². The van der Waals surface area contributed by atoms with Crippen LogP contribution in [0.3, 0.4) is 0 Å². The van der Waals surface area contributed by atoms with Crippen molar-refractivity contribution in [1.82, 2.24) is 0 Å². The molecule has 0 radical (unpaired) electrons. The summed E-state index contributed by atoms with van der Waals surface area (Å²) in [5.74, 6) is -1.31. The van der Waals surface area contributed by atoms with E-state index in [1.807, 2.05) is 0 Å². The van der Waals surface area contributed by atoms with Gasteiger partial charge in [0.2, 0.25) is 0 Å². The van der Waals surface area contributed by atoms with Crippen molar-refractivity contribution in [2.75, 3.05) is 0 Å². The molecule has 0 saturated carbocycles. The molecule has 0 atom stereocenters. The molecule has 1 aromatic rings. The Kier molecular flexibility index (Phi) is 2.90. The molecular formula is C10H5ClN2O4S. The molecule has 0 unspecified atom stereocenters. The number of rotatable bonds is 1. The predicted molar refractivity (Wildman–Crippen MR) is 61.4 cm³/mol. The van der Waals surface area contributed by atoms with Crippen molar-refractivity contribution >= 4 is 37.0 Å². The maximum Gasteiger partial charge on any atom is 0.347 e. The highest BCUT2D eigenvalue weighted by Gasteiger charge is 2.38. The van der Waals surface area contributed by atoms with Gasteiger partial charge in [-0.3, -0.25) is 9.59 Å². The molecule has 6 nitrogen and oxygen atoms in total. The maximum atomic E-state index is 11.8. The van der Waals surface area contributed by atoms with Crippen molar-refractivity contribution in [2.24, 2.45) is 0 Å².